The van der Waals surface area contributed by atoms with Crippen LogP contribution in [0.3, 0.4) is 0 Å². The van der Waals surface area contributed by atoms with Gasteiger partial charge in [-0.15, -0.1) is 0 Å². The van der Waals surface area contributed by atoms with E-state index in [-0.39, 0.29) is 48.7 Å². The van der Waals surface area contributed by atoms with E-state index in [2.05, 4.69) is 538 Å². The lowest BCUT2D eigenvalue weighted by atomic mass is 9.79. The number of para-hydroxylation sites is 1. The van der Waals surface area contributed by atoms with Gasteiger partial charge >= 0.3 is 0 Å². The highest BCUT2D eigenvalue weighted by atomic mass is 15.1. The molecule has 2 nitrogen and oxygen atoms in total. The normalized spacial score (nSPS) is 15.2. The second kappa shape index (κ2) is 32.3. The third kappa shape index (κ3) is 14.7. The molecular weight excluding hydrogens is 1700 g/mol. The second-order valence-corrected chi connectivity index (χ2v) is 47.3. The van der Waals surface area contributed by atoms with Crippen LogP contribution in [0.2, 0.25) is 0 Å². The Morgan fingerprint density at radius 3 is 0.589 bits per heavy atom. The summed E-state index contributed by atoms with van der Waals surface area (Å²) < 4.78 is 0. The molecule has 0 unspecified atom stereocenters. The lowest BCUT2D eigenvalue weighted by molar-refractivity contribution is 0.590. The minimum atomic E-state index is -0.240. The maximum Gasteiger partial charge on any atom is 0.0474 e. The van der Waals surface area contributed by atoms with Crippen LogP contribution in [-0.4, -0.2) is 0 Å². The minimum Gasteiger partial charge on any atom is -0.310 e. The zero-order valence-electron chi connectivity index (χ0n) is 86.2. The molecule has 0 aliphatic heterocycles. The summed E-state index contributed by atoms with van der Waals surface area (Å²) in [5, 5.41) is 0. The van der Waals surface area contributed by atoms with E-state index in [4.69, 9.17) is 0 Å². The van der Waals surface area contributed by atoms with E-state index in [0.717, 1.165) is 34.1 Å². The van der Waals surface area contributed by atoms with E-state index in [1.54, 1.807) is 0 Å². The molecule has 6 aliphatic rings. The molecular formula is C139H128N2. The highest BCUT2D eigenvalue weighted by molar-refractivity contribution is 5.97. The van der Waals surface area contributed by atoms with Crippen LogP contribution in [0.15, 0.2) is 376 Å². The Morgan fingerprint density at radius 2 is 0.340 bits per heavy atom. The lowest BCUT2D eigenvalue weighted by Crippen LogP contribution is -2.16. The fraction of sp³-hybridized carbons (Fsp3) is 0.223. The predicted molar refractivity (Wildman–Crippen MR) is 601 cm³/mol. The van der Waals surface area contributed by atoms with E-state index < -0.39 is 0 Å². The number of hydrogen-bond acceptors (Lipinski definition) is 2. The summed E-state index contributed by atoms with van der Waals surface area (Å²) in [4.78, 5) is 4.91. The number of anilines is 6. The smallest absolute Gasteiger partial charge is 0.0474 e. The predicted octanol–water partition coefficient (Wildman–Crippen LogP) is 38.4. The van der Waals surface area contributed by atoms with Crippen LogP contribution < -0.4 is 9.80 Å². The summed E-state index contributed by atoms with van der Waals surface area (Å²) in [6.45, 7) is 51.7. The van der Waals surface area contributed by atoms with Gasteiger partial charge in [0.1, 0.15) is 0 Å². The molecule has 0 radical (unpaired) electrons. The minimum absolute atomic E-state index is 0.0189. The Labute approximate surface area is 837 Å². The topological polar surface area (TPSA) is 6.48 Å². The van der Waals surface area contributed by atoms with E-state index in [0.29, 0.717) is 0 Å². The molecule has 0 amide bonds. The van der Waals surface area contributed by atoms with Gasteiger partial charge in [-0.05, 0) is 373 Å². The van der Waals surface area contributed by atoms with Crippen LogP contribution in [0.4, 0.5) is 34.1 Å². The van der Waals surface area contributed by atoms with Crippen molar-refractivity contribution in [2.45, 2.75) is 201 Å². The molecule has 2 heteroatoms. The molecule has 141 heavy (non-hydrogen) atoms. The summed E-state index contributed by atoms with van der Waals surface area (Å²) in [5.74, 6) is 0. The molecule has 0 saturated carbocycles. The molecule has 18 aromatic carbocycles. The molecule has 0 heterocycles. The number of rotatable bonds is 12. The molecule has 0 N–H and O–H groups in total. The number of benzene rings is 18. The van der Waals surface area contributed by atoms with Crippen molar-refractivity contribution >= 4 is 34.1 Å². The largest absolute Gasteiger partial charge is 0.310 e. The Hall–Kier alpha value is -14.4. The van der Waals surface area contributed by atoms with Gasteiger partial charge in [0.2, 0.25) is 0 Å². The Kier molecular flexibility index (Phi) is 20.7. The van der Waals surface area contributed by atoms with E-state index in [1.165, 1.54) is 223 Å². The first-order valence-corrected chi connectivity index (χ1v) is 51.1. The van der Waals surface area contributed by atoms with Crippen LogP contribution in [-0.2, 0) is 48.7 Å². The van der Waals surface area contributed by atoms with Crippen molar-refractivity contribution in [3.05, 3.63) is 465 Å². The van der Waals surface area contributed by atoms with Crippen molar-refractivity contribution in [2.24, 2.45) is 0 Å². The average molecular weight is 1830 g/mol. The van der Waals surface area contributed by atoms with Crippen molar-refractivity contribution in [1.29, 1.82) is 0 Å². The van der Waals surface area contributed by atoms with Crippen LogP contribution in [0.5, 0.6) is 0 Å². The monoisotopic (exact) mass is 1830 g/mol. The zero-order chi connectivity index (χ0) is 98.1. The molecule has 0 atom stereocenters. The molecule has 694 valence electrons. The fourth-order valence-electron chi connectivity index (χ4n) is 25.0. The first-order chi connectivity index (χ1) is 67.2. The standard InChI is InChI=1S/C87H81N.C52H47N/c1-52-72(57-28-42-70-68-40-26-55(46-78(68)86(12,13)80(70)48-57)53-24-38-66-64-20-16-18-22-74(64)84(8,9)76(66)44-53)50-63(88(61-34-30-59(31-35-61)82(2,3)4)62-36-32-60(33-37-62)83(5,6)7)51-73(52)58-29-43-71-69-41-27-56(47-79(69)87(14,15)81(71)49-58)54-25-39-67-65-21-17-19-23-75(65)85(10,11)77(67)45-54;1-50(2,3)38-23-25-40(26-24-38)53(39-15-9-8-10-16-39)41-30-36(34-21-27-44-42-17-11-13-19-46(42)51(4,5)48(44)32-34)29-37(31-41)35-22-28-45-43-18-12-14-20-47(43)52(6,7)49(45)33-35/h16-51H,1-15H3;8-33H,1-7H3. The molecule has 0 fully saturated rings. The van der Waals surface area contributed by atoms with Crippen molar-refractivity contribution in [1.82, 2.24) is 0 Å². The maximum absolute atomic E-state index is 2.53. The second-order valence-electron chi connectivity index (χ2n) is 47.3. The Morgan fingerprint density at radius 1 is 0.149 bits per heavy atom. The maximum atomic E-state index is 2.53. The lowest BCUT2D eigenvalue weighted by Gasteiger charge is -2.30. The van der Waals surface area contributed by atoms with E-state index in [1.807, 2.05) is 0 Å². The number of fused-ring (bicyclic) bond motifs is 18. The SMILES string of the molecule is CC(C)(C)c1ccc(N(c2ccccc2)c2cc(-c3ccc4c(c3)C(C)(C)c3ccccc3-4)cc(-c3ccc4c(c3)C(C)(C)c3ccccc3-4)c2)cc1.Cc1c(-c2ccc3c(c2)C(C)(C)c2cc(-c4ccc5c(c4)C(C)(C)c4ccccc4-5)ccc2-3)cc(N(c2ccc(C(C)(C)C)cc2)c2ccc(C(C)(C)C)cc2)cc1-c1ccc2c(c1)C(C)(C)c1cc(-c3ccc4c(c3)C(C)(C)c3ccccc3-4)ccc1-2. The van der Waals surface area contributed by atoms with Gasteiger partial charge in [-0.1, -0.05) is 394 Å². The van der Waals surface area contributed by atoms with Crippen LogP contribution in [0, 0.1) is 6.92 Å². The van der Waals surface area contributed by atoms with E-state index >= 15 is 0 Å². The highest BCUT2D eigenvalue weighted by Gasteiger charge is 2.44. The summed E-state index contributed by atoms with van der Waals surface area (Å²) >= 11 is 0. The van der Waals surface area contributed by atoms with Crippen molar-refractivity contribution < 1.29 is 0 Å². The molecule has 0 spiro atoms. The van der Waals surface area contributed by atoms with Crippen molar-refractivity contribution in [2.75, 3.05) is 9.80 Å². The molecule has 24 rings (SSSR count). The van der Waals surface area contributed by atoms with E-state index in [9.17, 15) is 0 Å². The average Bonchev–Trinajstić information content (AvgIpc) is 1.52. The van der Waals surface area contributed by atoms with Crippen LogP contribution in [0.1, 0.15) is 234 Å². The third-order valence-corrected chi connectivity index (χ3v) is 33.5. The van der Waals surface area contributed by atoms with Gasteiger partial charge in [-0.2, -0.15) is 0 Å². The first kappa shape index (κ1) is 90.4. The van der Waals surface area contributed by atoms with Gasteiger partial charge in [0.25, 0.3) is 0 Å². The van der Waals surface area contributed by atoms with Gasteiger partial charge in [0.15, 0.2) is 0 Å². The summed E-state index contributed by atoms with van der Waals surface area (Å²) in [5.41, 5.74) is 59.1. The first-order valence-electron chi connectivity index (χ1n) is 51.1. The molecule has 0 aromatic heterocycles. The Balaban J connectivity index is 0.000000178. The summed E-state index contributed by atoms with van der Waals surface area (Å²) in [6.07, 6.45) is 0. The molecule has 0 bridgehead atoms. The molecule has 18 aromatic rings. The third-order valence-electron chi connectivity index (χ3n) is 33.5. The number of hydrogen-bond donors (Lipinski definition) is 0. The van der Waals surface area contributed by atoms with Crippen LogP contribution in [0.25, 0.3) is 134 Å². The van der Waals surface area contributed by atoms with Crippen LogP contribution >= 0.6 is 0 Å². The zero-order valence-corrected chi connectivity index (χ0v) is 86.2. The van der Waals surface area contributed by atoms with Gasteiger partial charge < -0.3 is 9.80 Å². The highest BCUT2D eigenvalue weighted by Crippen LogP contribution is 2.60. The molecule has 6 aliphatic carbocycles. The fourth-order valence-corrected chi connectivity index (χ4v) is 25.0. The quantitative estimate of drug-likeness (QED) is 0.120. The van der Waals surface area contributed by atoms with Gasteiger partial charge in [0, 0.05) is 66.6 Å². The number of nitrogens with zero attached hydrogens (tertiary/aromatic N) is 2. The van der Waals surface area contributed by atoms with Crippen molar-refractivity contribution in [3.8, 4) is 134 Å². The molecule has 0 saturated heterocycles. The summed E-state index contributed by atoms with van der Waals surface area (Å²) in [6, 6.07) is 144. The van der Waals surface area contributed by atoms with Crippen molar-refractivity contribution in [3.63, 3.8) is 0 Å². The van der Waals surface area contributed by atoms with Gasteiger partial charge in [-0.25, -0.2) is 0 Å². The van der Waals surface area contributed by atoms with Gasteiger partial charge in [0.05, 0.1) is 0 Å². The summed E-state index contributed by atoms with van der Waals surface area (Å²) in [7, 11) is 0. The Bertz CT molecular complexity index is 7750. The van der Waals surface area contributed by atoms with Gasteiger partial charge in [-0.3, -0.25) is 0 Å².